The molecule has 0 atom stereocenters. The number of sulfonamides is 1. The lowest BCUT2D eigenvalue weighted by Crippen LogP contribution is -2.45. The number of anilines is 2. The van der Waals surface area contributed by atoms with Gasteiger partial charge in [-0.3, -0.25) is 9.62 Å². The smallest absolute Gasteiger partial charge is 0.261 e. The van der Waals surface area contributed by atoms with Crippen LogP contribution in [0.1, 0.15) is 11.1 Å². The first-order valence-corrected chi connectivity index (χ1v) is 12.7. The van der Waals surface area contributed by atoms with Crippen LogP contribution in [0, 0.1) is 6.92 Å². The molecule has 1 N–H and O–H groups in total. The minimum absolute atomic E-state index is 0.257. The molecular weight excluding hydrogens is 450 g/mol. The van der Waals surface area contributed by atoms with E-state index in [0.717, 1.165) is 55.5 Å². The van der Waals surface area contributed by atoms with Crippen molar-refractivity contribution in [2.75, 3.05) is 50.0 Å². The quantitative estimate of drug-likeness (QED) is 0.522. The number of ether oxygens (including phenoxy) is 2. The lowest BCUT2D eigenvalue weighted by Gasteiger charge is -2.36. The Morgan fingerprint density at radius 1 is 0.824 bits per heavy atom. The fourth-order valence-corrected chi connectivity index (χ4v) is 5.13. The van der Waals surface area contributed by atoms with E-state index >= 15 is 0 Å². The molecule has 0 saturated carbocycles. The van der Waals surface area contributed by atoms with E-state index in [9.17, 15) is 8.42 Å². The Balaban J connectivity index is 1.33. The molecule has 0 aliphatic carbocycles. The van der Waals surface area contributed by atoms with Gasteiger partial charge in [0, 0.05) is 44.1 Å². The van der Waals surface area contributed by atoms with Crippen LogP contribution >= 0.6 is 0 Å². The molecule has 1 fully saturated rings. The second-order valence-corrected chi connectivity index (χ2v) is 10.1. The Morgan fingerprint density at radius 3 is 2.09 bits per heavy atom. The maximum Gasteiger partial charge on any atom is 0.261 e. The standard InChI is InChI=1S/C26H31N3O4S/c1-20-4-11-24(12-5-20)34(30,31)27-22-7-9-23(10-8-22)29-16-14-28(15-17-29)19-21-6-13-25(32-2)26(18-21)33-3/h4-13,18,27H,14-17,19H2,1-3H3. The summed E-state index contributed by atoms with van der Waals surface area (Å²) in [5, 5.41) is 0. The molecule has 0 amide bonds. The van der Waals surface area contributed by atoms with E-state index in [2.05, 4.69) is 20.6 Å². The van der Waals surface area contributed by atoms with Gasteiger partial charge in [0.05, 0.1) is 19.1 Å². The van der Waals surface area contributed by atoms with Crippen LogP contribution in [-0.4, -0.2) is 53.7 Å². The summed E-state index contributed by atoms with van der Waals surface area (Å²) in [7, 11) is -0.308. The second-order valence-electron chi connectivity index (χ2n) is 8.42. The van der Waals surface area contributed by atoms with E-state index in [1.165, 1.54) is 5.56 Å². The second kappa shape index (κ2) is 10.4. The molecule has 0 aromatic heterocycles. The molecule has 3 aromatic rings. The molecule has 180 valence electrons. The summed E-state index contributed by atoms with van der Waals surface area (Å²) in [6, 6.07) is 20.4. The van der Waals surface area contributed by atoms with Crippen LogP contribution in [0.15, 0.2) is 71.6 Å². The fourth-order valence-electron chi connectivity index (χ4n) is 4.07. The van der Waals surface area contributed by atoms with Crippen molar-refractivity contribution in [2.45, 2.75) is 18.4 Å². The highest BCUT2D eigenvalue weighted by Gasteiger charge is 2.19. The lowest BCUT2D eigenvalue weighted by atomic mass is 10.1. The van der Waals surface area contributed by atoms with Gasteiger partial charge in [0.25, 0.3) is 10.0 Å². The molecule has 0 spiro atoms. The van der Waals surface area contributed by atoms with Crippen molar-refractivity contribution in [1.82, 2.24) is 4.90 Å². The van der Waals surface area contributed by atoms with E-state index in [-0.39, 0.29) is 4.90 Å². The molecule has 1 heterocycles. The van der Waals surface area contributed by atoms with Crippen molar-refractivity contribution in [2.24, 2.45) is 0 Å². The Hall–Kier alpha value is -3.23. The van der Waals surface area contributed by atoms with Gasteiger partial charge < -0.3 is 14.4 Å². The van der Waals surface area contributed by atoms with Crippen molar-refractivity contribution >= 4 is 21.4 Å². The number of rotatable bonds is 8. The zero-order chi connectivity index (χ0) is 24.1. The minimum Gasteiger partial charge on any atom is -0.493 e. The predicted octanol–water partition coefficient (Wildman–Crippen LogP) is 4.14. The Morgan fingerprint density at radius 2 is 1.47 bits per heavy atom. The predicted molar refractivity (Wildman–Crippen MR) is 135 cm³/mol. The molecule has 1 aliphatic heterocycles. The molecule has 4 rings (SSSR count). The summed E-state index contributed by atoms with van der Waals surface area (Å²) in [4.78, 5) is 5.00. The van der Waals surface area contributed by atoms with Crippen molar-refractivity contribution in [3.8, 4) is 11.5 Å². The molecule has 3 aromatic carbocycles. The van der Waals surface area contributed by atoms with Gasteiger partial charge in [0.2, 0.25) is 0 Å². The molecule has 8 heteroatoms. The van der Waals surface area contributed by atoms with Gasteiger partial charge in [0.15, 0.2) is 11.5 Å². The van der Waals surface area contributed by atoms with Crippen molar-refractivity contribution < 1.29 is 17.9 Å². The third kappa shape index (κ3) is 5.63. The fraction of sp³-hybridized carbons (Fsp3) is 0.308. The topological polar surface area (TPSA) is 71.1 Å². The molecular formula is C26H31N3O4S. The van der Waals surface area contributed by atoms with Crippen LogP contribution in [0.25, 0.3) is 0 Å². The highest BCUT2D eigenvalue weighted by molar-refractivity contribution is 7.92. The normalized spacial score (nSPS) is 14.6. The molecule has 34 heavy (non-hydrogen) atoms. The number of nitrogens with zero attached hydrogens (tertiary/aromatic N) is 2. The number of methoxy groups -OCH3 is 2. The SMILES string of the molecule is COc1ccc(CN2CCN(c3ccc(NS(=O)(=O)c4ccc(C)cc4)cc3)CC2)cc1OC. The van der Waals surface area contributed by atoms with Gasteiger partial charge in [-0.15, -0.1) is 0 Å². The van der Waals surface area contributed by atoms with Crippen LogP contribution in [0.3, 0.4) is 0 Å². The molecule has 1 aliphatic rings. The van der Waals surface area contributed by atoms with E-state index in [0.29, 0.717) is 5.69 Å². The van der Waals surface area contributed by atoms with Crippen LogP contribution in [-0.2, 0) is 16.6 Å². The average Bonchev–Trinajstić information content (AvgIpc) is 2.85. The van der Waals surface area contributed by atoms with Crippen molar-refractivity contribution in [3.63, 3.8) is 0 Å². The van der Waals surface area contributed by atoms with E-state index in [1.807, 2.05) is 43.3 Å². The number of hydrogen-bond donors (Lipinski definition) is 1. The zero-order valence-corrected chi connectivity index (χ0v) is 20.6. The maximum atomic E-state index is 12.6. The summed E-state index contributed by atoms with van der Waals surface area (Å²) in [5.41, 5.74) is 3.85. The summed E-state index contributed by atoms with van der Waals surface area (Å²) < 4.78 is 38.6. The van der Waals surface area contributed by atoms with Crippen molar-refractivity contribution in [3.05, 3.63) is 77.9 Å². The summed E-state index contributed by atoms with van der Waals surface area (Å²) in [6.45, 7) is 6.47. The Labute approximate surface area is 202 Å². The van der Waals surface area contributed by atoms with Gasteiger partial charge >= 0.3 is 0 Å². The van der Waals surface area contributed by atoms with Gasteiger partial charge in [-0.1, -0.05) is 23.8 Å². The first-order chi connectivity index (χ1) is 16.4. The van der Waals surface area contributed by atoms with Crippen LogP contribution in [0.2, 0.25) is 0 Å². The highest BCUT2D eigenvalue weighted by atomic mass is 32.2. The molecule has 0 bridgehead atoms. The number of nitrogens with one attached hydrogen (secondary N) is 1. The van der Waals surface area contributed by atoms with Crippen LogP contribution < -0.4 is 19.1 Å². The highest BCUT2D eigenvalue weighted by Crippen LogP contribution is 2.28. The molecule has 0 radical (unpaired) electrons. The number of benzene rings is 3. The molecule has 0 unspecified atom stereocenters. The largest absolute Gasteiger partial charge is 0.493 e. The molecule has 7 nitrogen and oxygen atoms in total. The van der Waals surface area contributed by atoms with E-state index < -0.39 is 10.0 Å². The third-order valence-corrected chi connectivity index (χ3v) is 7.44. The Bertz CT molecular complexity index is 1200. The number of hydrogen-bond acceptors (Lipinski definition) is 6. The lowest BCUT2D eigenvalue weighted by molar-refractivity contribution is 0.249. The third-order valence-electron chi connectivity index (χ3n) is 6.04. The number of piperazine rings is 1. The monoisotopic (exact) mass is 481 g/mol. The number of aryl methyl sites for hydroxylation is 1. The Kier molecular flexibility index (Phi) is 7.29. The average molecular weight is 482 g/mol. The van der Waals surface area contributed by atoms with E-state index in [1.54, 1.807) is 38.5 Å². The zero-order valence-electron chi connectivity index (χ0n) is 19.8. The molecule has 1 saturated heterocycles. The van der Waals surface area contributed by atoms with Crippen LogP contribution in [0.5, 0.6) is 11.5 Å². The van der Waals surface area contributed by atoms with E-state index in [4.69, 9.17) is 9.47 Å². The maximum absolute atomic E-state index is 12.6. The van der Waals surface area contributed by atoms with Gasteiger partial charge in [-0.2, -0.15) is 0 Å². The first kappa shape index (κ1) is 23.9. The van der Waals surface area contributed by atoms with Crippen LogP contribution in [0.4, 0.5) is 11.4 Å². The van der Waals surface area contributed by atoms with Gasteiger partial charge in [-0.05, 0) is 61.0 Å². The van der Waals surface area contributed by atoms with Crippen molar-refractivity contribution in [1.29, 1.82) is 0 Å². The summed E-state index contributed by atoms with van der Waals surface area (Å²) >= 11 is 0. The van der Waals surface area contributed by atoms with Gasteiger partial charge in [-0.25, -0.2) is 8.42 Å². The summed E-state index contributed by atoms with van der Waals surface area (Å²) in [6.07, 6.45) is 0. The van der Waals surface area contributed by atoms with Gasteiger partial charge in [0.1, 0.15) is 0 Å². The minimum atomic E-state index is -3.60. The first-order valence-electron chi connectivity index (χ1n) is 11.3. The summed E-state index contributed by atoms with van der Waals surface area (Å²) in [5.74, 6) is 1.48.